The maximum atomic E-state index is 11.1. The number of carbonyl (C=O) groups excluding carboxylic acids is 1. The van der Waals surface area contributed by atoms with Crippen LogP contribution in [0.3, 0.4) is 0 Å². The molecule has 110 valence electrons. The number of aldehydes is 1. The lowest BCUT2D eigenvalue weighted by molar-refractivity contribution is -0.112. The van der Waals surface area contributed by atoms with Crippen LogP contribution < -0.4 is 0 Å². The molecular weight excluding hydrogens is 268 g/mol. The Bertz CT molecular complexity index is 364. The standard InChI is InChI=1S/C15H30O2Si2/c1-13(12-16)14(10-11-18(5,6)7)17-19(8,9)15(2,3)4/h12-14H,1-9H3/t13-,14-/m1/s1. The van der Waals surface area contributed by atoms with Gasteiger partial charge < -0.3 is 9.22 Å². The first-order valence-corrected chi connectivity index (χ1v) is 13.4. The fraction of sp³-hybridized carbons (Fsp3) is 0.800. The van der Waals surface area contributed by atoms with Gasteiger partial charge in [-0.2, -0.15) is 0 Å². The van der Waals surface area contributed by atoms with Gasteiger partial charge in [-0.1, -0.05) is 53.3 Å². The monoisotopic (exact) mass is 298 g/mol. The lowest BCUT2D eigenvalue weighted by atomic mass is 10.1. The van der Waals surface area contributed by atoms with Crippen molar-refractivity contribution in [3.8, 4) is 11.5 Å². The van der Waals surface area contributed by atoms with Crippen LogP contribution in [0.5, 0.6) is 0 Å². The summed E-state index contributed by atoms with van der Waals surface area (Å²) in [4.78, 5) is 11.1. The maximum absolute atomic E-state index is 11.1. The zero-order chi connectivity index (χ0) is 15.5. The highest BCUT2D eigenvalue weighted by molar-refractivity contribution is 6.83. The fourth-order valence-corrected chi connectivity index (χ4v) is 2.96. The van der Waals surface area contributed by atoms with E-state index in [-0.39, 0.29) is 17.1 Å². The van der Waals surface area contributed by atoms with E-state index in [0.29, 0.717) is 0 Å². The van der Waals surface area contributed by atoms with Crippen LogP contribution in [0.1, 0.15) is 27.7 Å². The van der Waals surface area contributed by atoms with E-state index in [0.717, 1.165) is 6.29 Å². The summed E-state index contributed by atoms with van der Waals surface area (Å²) in [6.45, 7) is 19.5. The highest BCUT2D eigenvalue weighted by Crippen LogP contribution is 2.37. The summed E-state index contributed by atoms with van der Waals surface area (Å²) >= 11 is 0. The maximum Gasteiger partial charge on any atom is 0.193 e. The molecule has 2 nitrogen and oxygen atoms in total. The van der Waals surface area contributed by atoms with Crippen LogP contribution in [0.4, 0.5) is 0 Å². The summed E-state index contributed by atoms with van der Waals surface area (Å²) < 4.78 is 6.31. The van der Waals surface area contributed by atoms with Crippen molar-refractivity contribution >= 4 is 22.7 Å². The lowest BCUT2D eigenvalue weighted by Crippen LogP contribution is -2.45. The van der Waals surface area contributed by atoms with Gasteiger partial charge in [-0.3, -0.25) is 0 Å². The molecule has 0 N–H and O–H groups in total. The van der Waals surface area contributed by atoms with Crippen LogP contribution in [0.25, 0.3) is 0 Å². The van der Waals surface area contributed by atoms with Crippen LogP contribution in [-0.2, 0) is 9.22 Å². The van der Waals surface area contributed by atoms with E-state index in [1.807, 2.05) is 6.92 Å². The molecular formula is C15H30O2Si2. The third-order valence-electron chi connectivity index (χ3n) is 3.51. The topological polar surface area (TPSA) is 26.3 Å². The van der Waals surface area contributed by atoms with Gasteiger partial charge >= 0.3 is 0 Å². The second-order valence-corrected chi connectivity index (χ2v) is 17.3. The van der Waals surface area contributed by atoms with Gasteiger partial charge in [0.2, 0.25) is 0 Å². The Hall–Kier alpha value is -0.376. The second-order valence-electron chi connectivity index (χ2n) is 7.81. The SMILES string of the molecule is C[C@H](C=O)[C@@H](C#C[Si](C)(C)C)O[Si](C)(C)C(C)(C)C. The molecule has 0 radical (unpaired) electrons. The van der Waals surface area contributed by atoms with Crippen LogP contribution in [0.2, 0.25) is 37.8 Å². The molecule has 0 rings (SSSR count). The molecule has 0 saturated carbocycles. The molecule has 0 aromatic carbocycles. The largest absolute Gasteiger partial charge is 0.403 e. The zero-order valence-electron chi connectivity index (χ0n) is 14.0. The minimum atomic E-state index is -1.89. The van der Waals surface area contributed by atoms with E-state index in [1.165, 1.54) is 0 Å². The van der Waals surface area contributed by atoms with E-state index in [1.54, 1.807) is 0 Å². The van der Waals surface area contributed by atoms with Gasteiger partial charge in [-0.25, -0.2) is 0 Å². The van der Waals surface area contributed by atoms with Gasteiger partial charge in [0.05, 0.1) is 0 Å². The molecule has 0 aromatic heterocycles. The molecule has 0 bridgehead atoms. The van der Waals surface area contributed by atoms with Crippen molar-refractivity contribution in [2.24, 2.45) is 5.92 Å². The molecule has 0 aromatic rings. The lowest BCUT2D eigenvalue weighted by Gasteiger charge is -2.38. The molecule has 0 fully saturated rings. The minimum absolute atomic E-state index is 0.134. The fourth-order valence-electron chi connectivity index (χ4n) is 1.12. The summed E-state index contributed by atoms with van der Waals surface area (Å²) in [7, 11) is -3.33. The van der Waals surface area contributed by atoms with Gasteiger partial charge in [-0.05, 0) is 18.1 Å². The molecule has 0 aliphatic heterocycles. The molecule has 19 heavy (non-hydrogen) atoms. The van der Waals surface area contributed by atoms with Crippen molar-refractivity contribution in [3.05, 3.63) is 0 Å². The summed E-state index contributed by atoms with van der Waals surface area (Å²) in [6, 6.07) is 0. The van der Waals surface area contributed by atoms with Crippen molar-refractivity contribution in [2.45, 2.75) is 71.6 Å². The second kappa shape index (κ2) is 6.38. The summed E-state index contributed by atoms with van der Waals surface area (Å²) in [5.74, 6) is 3.06. The molecule has 2 atom stereocenters. The average Bonchev–Trinajstić information content (AvgIpc) is 2.20. The van der Waals surface area contributed by atoms with Crippen molar-refractivity contribution in [2.75, 3.05) is 0 Å². The van der Waals surface area contributed by atoms with Gasteiger partial charge in [0.25, 0.3) is 0 Å². The Labute approximate surface area is 121 Å². The predicted octanol–water partition coefficient (Wildman–Crippen LogP) is 4.09. The third-order valence-corrected chi connectivity index (χ3v) is 8.86. The third kappa shape index (κ3) is 6.55. The minimum Gasteiger partial charge on any atom is -0.403 e. The molecule has 0 amide bonds. The highest BCUT2D eigenvalue weighted by atomic mass is 28.4. The van der Waals surface area contributed by atoms with E-state index >= 15 is 0 Å². The molecule has 0 unspecified atom stereocenters. The summed E-state index contributed by atoms with van der Waals surface area (Å²) in [5, 5.41) is 0.134. The number of rotatable bonds is 4. The van der Waals surface area contributed by atoms with Crippen LogP contribution in [-0.4, -0.2) is 28.8 Å². The molecule has 0 spiro atoms. The smallest absolute Gasteiger partial charge is 0.193 e. The first-order valence-electron chi connectivity index (χ1n) is 6.96. The van der Waals surface area contributed by atoms with Crippen LogP contribution >= 0.6 is 0 Å². The Balaban J connectivity index is 5.19. The Kier molecular flexibility index (Phi) is 6.26. The van der Waals surface area contributed by atoms with E-state index in [9.17, 15) is 4.79 Å². The first-order chi connectivity index (χ1) is 8.30. The van der Waals surface area contributed by atoms with Gasteiger partial charge in [0, 0.05) is 5.92 Å². The van der Waals surface area contributed by atoms with Gasteiger partial charge in [0.15, 0.2) is 8.32 Å². The molecule has 0 aliphatic rings. The normalized spacial score (nSPS) is 16.3. The van der Waals surface area contributed by atoms with Crippen molar-refractivity contribution < 1.29 is 9.22 Å². The molecule has 0 heterocycles. The highest BCUT2D eigenvalue weighted by Gasteiger charge is 2.39. The van der Waals surface area contributed by atoms with E-state index in [4.69, 9.17) is 4.43 Å². The predicted molar refractivity (Wildman–Crippen MR) is 88.4 cm³/mol. The zero-order valence-corrected chi connectivity index (χ0v) is 16.0. The van der Waals surface area contributed by atoms with E-state index < -0.39 is 16.4 Å². The number of carbonyl (C=O) groups is 1. The van der Waals surface area contributed by atoms with E-state index in [2.05, 4.69) is 65.0 Å². The first kappa shape index (κ1) is 18.6. The van der Waals surface area contributed by atoms with Crippen molar-refractivity contribution in [1.29, 1.82) is 0 Å². The van der Waals surface area contributed by atoms with Crippen molar-refractivity contribution in [1.82, 2.24) is 0 Å². The summed E-state index contributed by atoms with van der Waals surface area (Å²) in [5.41, 5.74) is 3.34. The molecule has 4 heteroatoms. The van der Waals surface area contributed by atoms with Gasteiger partial charge in [-0.15, -0.1) is 5.54 Å². The summed E-state index contributed by atoms with van der Waals surface area (Å²) in [6.07, 6.45) is 0.696. The van der Waals surface area contributed by atoms with Crippen molar-refractivity contribution in [3.63, 3.8) is 0 Å². The molecule has 0 saturated heterocycles. The Morgan fingerprint density at radius 3 is 1.89 bits per heavy atom. The Morgan fingerprint density at radius 1 is 1.11 bits per heavy atom. The Morgan fingerprint density at radius 2 is 1.58 bits per heavy atom. The molecule has 0 aliphatic carbocycles. The number of hydrogen-bond acceptors (Lipinski definition) is 2. The number of hydrogen-bond donors (Lipinski definition) is 0. The average molecular weight is 299 g/mol. The van der Waals surface area contributed by atoms with Crippen LogP contribution in [0, 0.1) is 17.4 Å². The van der Waals surface area contributed by atoms with Gasteiger partial charge in [0.1, 0.15) is 20.5 Å². The van der Waals surface area contributed by atoms with Crippen LogP contribution in [0.15, 0.2) is 0 Å². The quantitative estimate of drug-likeness (QED) is 0.444.